The molecule has 4 rings (SSSR count). The van der Waals surface area contributed by atoms with Crippen molar-refractivity contribution in [3.63, 3.8) is 0 Å². The van der Waals surface area contributed by atoms with Crippen LogP contribution in [0.25, 0.3) is 0 Å². The Balaban J connectivity index is 1.53. The Labute approximate surface area is 188 Å². The summed E-state index contributed by atoms with van der Waals surface area (Å²) in [5, 5.41) is 9.49. The van der Waals surface area contributed by atoms with E-state index < -0.39 is 15.8 Å². The lowest BCUT2D eigenvalue weighted by atomic mass is 9.91. The topological polar surface area (TPSA) is 120 Å². The zero-order chi connectivity index (χ0) is 23.0. The molecule has 0 aliphatic carbocycles. The summed E-state index contributed by atoms with van der Waals surface area (Å²) in [4.78, 5) is 24.5. The van der Waals surface area contributed by atoms with Crippen molar-refractivity contribution in [1.29, 1.82) is 4.78 Å². The maximum Gasteiger partial charge on any atom is 0.407 e. The smallest absolute Gasteiger partial charge is 0.407 e. The normalized spacial score (nSPS) is 22.5. The average Bonchev–Trinajstić information content (AvgIpc) is 3.18. The number of anilines is 2. The number of rotatable bonds is 5. The van der Waals surface area contributed by atoms with E-state index in [0.717, 1.165) is 30.0 Å². The zero-order valence-electron chi connectivity index (χ0n) is 18.5. The Kier molecular flexibility index (Phi) is 5.98. The Hall–Kier alpha value is -2.88. The van der Waals surface area contributed by atoms with E-state index in [2.05, 4.69) is 14.9 Å². The molecule has 0 bridgehead atoms. The van der Waals surface area contributed by atoms with Gasteiger partial charge in [-0.15, -0.1) is 0 Å². The number of hydrogen-bond donors (Lipinski definition) is 2. The van der Waals surface area contributed by atoms with Gasteiger partial charge in [0.15, 0.2) is 0 Å². The number of nitrogens with one attached hydrogen (secondary N) is 1. The van der Waals surface area contributed by atoms with Crippen molar-refractivity contribution in [1.82, 2.24) is 14.9 Å². The van der Waals surface area contributed by atoms with Gasteiger partial charge in [-0.2, -0.15) is 0 Å². The molecule has 1 aromatic carbocycles. The number of likely N-dealkylation sites (tertiary alicyclic amines) is 1. The van der Waals surface area contributed by atoms with Crippen LogP contribution in [-0.2, 0) is 16.1 Å². The molecule has 0 spiro atoms. The highest BCUT2D eigenvalue weighted by Gasteiger charge is 2.35. The summed E-state index contributed by atoms with van der Waals surface area (Å²) in [7, 11) is -2.75. The predicted octanol–water partition coefficient (Wildman–Crippen LogP) is 3.75. The molecule has 9 nitrogen and oxygen atoms in total. The Morgan fingerprint density at radius 2 is 1.97 bits per heavy atom. The van der Waals surface area contributed by atoms with Gasteiger partial charge in [-0.1, -0.05) is 13.8 Å². The third-order valence-corrected chi connectivity index (χ3v) is 7.38. The molecule has 2 N–H and O–H groups in total. The minimum absolute atomic E-state index is 0.0815. The number of aromatic nitrogens is 2. The van der Waals surface area contributed by atoms with Gasteiger partial charge in [0.2, 0.25) is 5.88 Å². The highest BCUT2D eigenvalue weighted by atomic mass is 32.2. The molecule has 172 valence electrons. The summed E-state index contributed by atoms with van der Waals surface area (Å²) in [6, 6.07) is 7.09. The van der Waals surface area contributed by atoms with Gasteiger partial charge in [0, 0.05) is 48.8 Å². The van der Waals surface area contributed by atoms with Gasteiger partial charge in [0.25, 0.3) is 0 Å². The fraction of sp³-hybridized carbons (Fsp3) is 0.500. The molecule has 1 fully saturated rings. The van der Waals surface area contributed by atoms with Gasteiger partial charge in [0.1, 0.15) is 18.2 Å². The molecule has 1 aromatic heterocycles. The van der Waals surface area contributed by atoms with Gasteiger partial charge < -0.3 is 19.6 Å². The summed E-state index contributed by atoms with van der Waals surface area (Å²) in [6.07, 6.45) is 3.93. The fourth-order valence-electron chi connectivity index (χ4n) is 4.50. The molecule has 2 aromatic rings. The molecular weight excluding hydrogens is 430 g/mol. The number of nitrogens with zero attached hydrogens (tertiary/aromatic N) is 4. The molecule has 2 aliphatic rings. The van der Waals surface area contributed by atoms with Crippen LogP contribution >= 0.6 is 0 Å². The number of carbonyl (C=O) groups is 1. The molecule has 1 saturated heterocycles. The fourth-order valence-corrected chi connectivity index (χ4v) is 5.16. The molecule has 0 radical (unpaired) electrons. The standard InChI is InChI=1S/C22H29N5O4S/c1-14(2)19-12-16(8-10-27(19)22(28)29)31-21-18-9-11-26(20(18)24-13-25-21)15-4-6-17(7-5-15)32(3,23)30/h4-7,13-14,16,19,23H,8-12H2,1-3H3,(H,28,29)/t16-,19?,32+/m1/s1. The molecule has 32 heavy (non-hydrogen) atoms. The second-order valence-corrected chi connectivity index (χ2v) is 10.9. The van der Waals surface area contributed by atoms with Crippen LogP contribution in [0.1, 0.15) is 32.3 Å². The molecule has 1 amide bonds. The minimum Gasteiger partial charge on any atom is -0.474 e. The van der Waals surface area contributed by atoms with Crippen molar-refractivity contribution < 1.29 is 18.8 Å². The second kappa shape index (κ2) is 8.57. The van der Waals surface area contributed by atoms with Crippen LogP contribution in [0.5, 0.6) is 5.88 Å². The minimum atomic E-state index is -2.75. The first kappa shape index (κ1) is 22.3. The number of hydrogen-bond acceptors (Lipinski definition) is 7. The molecule has 0 saturated carbocycles. The number of ether oxygens (including phenoxy) is 1. The van der Waals surface area contributed by atoms with Gasteiger partial charge in [-0.05, 0) is 36.6 Å². The average molecular weight is 460 g/mol. The largest absolute Gasteiger partial charge is 0.474 e. The molecular formula is C22H29N5O4S. The van der Waals surface area contributed by atoms with Gasteiger partial charge >= 0.3 is 6.09 Å². The van der Waals surface area contributed by atoms with E-state index >= 15 is 0 Å². The SMILES string of the molecule is CC(C)C1C[C@H](Oc2ncnc3c2CCN3c2ccc([S@@](C)(=N)=O)cc2)CCN1C(=O)O. The lowest BCUT2D eigenvalue weighted by Gasteiger charge is -2.39. The van der Waals surface area contributed by atoms with Crippen molar-refractivity contribution in [3.05, 3.63) is 36.2 Å². The van der Waals surface area contributed by atoms with E-state index in [1.165, 1.54) is 17.5 Å². The first-order valence-corrected chi connectivity index (χ1v) is 12.7. The van der Waals surface area contributed by atoms with Crippen LogP contribution in [0.3, 0.4) is 0 Å². The molecule has 10 heteroatoms. The number of amides is 1. The Bertz CT molecular complexity index is 1100. The van der Waals surface area contributed by atoms with Crippen LogP contribution in [0, 0.1) is 10.7 Å². The predicted molar refractivity (Wildman–Crippen MR) is 121 cm³/mol. The number of piperidine rings is 1. The third kappa shape index (κ3) is 4.36. The zero-order valence-corrected chi connectivity index (χ0v) is 19.3. The molecule has 3 heterocycles. The highest BCUT2D eigenvalue weighted by molar-refractivity contribution is 7.91. The summed E-state index contributed by atoms with van der Waals surface area (Å²) in [5.74, 6) is 1.55. The van der Waals surface area contributed by atoms with Crippen molar-refractivity contribution in [3.8, 4) is 5.88 Å². The first-order chi connectivity index (χ1) is 15.1. The number of carboxylic acid groups (broad SMARTS) is 1. The summed E-state index contributed by atoms with van der Waals surface area (Å²) in [5.41, 5.74) is 1.86. The molecule has 1 unspecified atom stereocenters. The van der Waals surface area contributed by atoms with E-state index in [4.69, 9.17) is 9.52 Å². The third-order valence-electron chi connectivity index (χ3n) is 6.21. The maximum absolute atomic E-state index is 12.0. The maximum atomic E-state index is 12.0. The van der Waals surface area contributed by atoms with Crippen molar-refractivity contribution >= 4 is 27.3 Å². The van der Waals surface area contributed by atoms with E-state index in [1.54, 1.807) is 12.1 Å². The van der Waals surface area contributed by atoms with Gasteiger partial charge in [-0.3, -0.25) is 0 Å². The van der Waals surface area contributed by atoms with Crippen molar-refractivity contribution in [2.75, 3.05) is 24.2 Å². The van der Waals surface area contributed by atoms with Crippen LogP contribution in [0.2, 0.25) is 0 Å². The quantitative estimate of drug-likeness (QED) is 0.699. The van der Waals surface area contributed by atoms with Crippen LogP contribution < -0.4 is 9.64 Å². The Morgan fingerprint density at radius 1 is 1.25 bits per heavy atom. The molecule has 2 aliphatic heterocycles. The van der Waals surface area contributed by atoms with E-state index in [-0.39, 0.29) is 18.1 Å². The second-order valence-electron chi connectivity index (χ2n) is 8.77. The first-order valence-electron chi connectivity index (χ1n) is 10.8. The summed E-state index contributed by atoms with van der Waals surface area (Å²) < 4.78 is 26.0. The lowest BCUT2D eigenvalue weighted by molar-refractivity contribution is 0.0361. The van der Waals surface area contributed by atoms with Gasteiger partial charge in [0.05, 0.1) is 15.3 Å². The van der Waals surface area contributed by atoms with Crippen LogP contribution in [0.4, 0.5) is 16.3 Å². The number of benzene rings is 1. The van der Waals surface area contributed by atoms with E-state index in [9.17, 15) is 14.1 Å². The van der Waals surface area contributed by atoms with Crippen molar-refractivity contribution in [2.24, 2.45) is 5.92 Å². The van der Waals surface area contributed by atoms with Crippen molar-refractivity contribution in [2.45, 2.75) is 50.2 Å². The van der Waals surface area contributed by atoms with Crippen LogP contribution in [0.15, 0.2) is 35.5 Å². The molecule has 3 atom stereocenters. The monoisotopic (exact) mass is 459 g/mol. The number of fused-ring (bicyclic) bond motifs is 1. The highest BCUT2D eigenvalue weighted by Crippen LogP contribution is 2.38. The van der Waals surface area contributed by atoms with Gasteiger partial charge in [-0.25, -0.2) is 23.8 Å². The lowest BCUT2D eigenvalue weighted by Crippen LogP contribution is -2.50. The van der Waals surface area contributed by atoms with E-state index in [0.29, 0.717) is 30.2 Å². The summed E-state index contributed by atoms with van der Waals surface area (Å²) in [6.45, 7) is 5.24. The Morgan fingerprint density at radius 3 is 2.59 bits per heavy atom. The summed E-state index contributed by atoms with van der Waals surface area (Å²) >= 11 is 0. The van der Waals surface area contributed by atoms with Crippen LogP contribution in [-0.4, -0.2) is 61.8 Å². The van der Waals surface area contributed by atoms with E-state index in [1.807, 2.05) is 26.0 Å².